The maximum atomic E-state index is 13.2. The fraction of sp³-hybridized carbons (Fsp3) is 0.316. The summed E-state index contributed by atoms with van der Waals surface area (Å²) in [5, 5.41) is 1.18. The molecule has 3 aromatic rings. The van der Waals surface area contributed by atoms with Gasteiger partial charge < -0.3 is 14.2 Å². The Morgan fingerprint density at radius 1 is 1.32 bits per heavy atom. The summed E-state index contributed by atoms with van der Waals surface area (Å²) in [5.74, 6) is 0.377. The van der Waals surface area contributed by atoms with Crippen molar-refractivity contribution in [3.05, 3.63) is 56.6 Å². The Morgan fingerprint density at radius 3 is 2.58 bits per heavy atom. The smallest absolute Gasteiger partial charge is 0.464 e. The quantitative estimate of drug-likeness (QED) is 0.314. The molecule has 0 fully saturated rings. The summed E-state index contributed by atoms with van der Waals surface area (Å²) in [4.78, 5) is 7.62. The molecule has 2 aromatic heterocycles. The molecule has 2 heterocycles. The molecule has 0 spiro atoms. The van der Waals surface area contributed by atoms with Crippen molar-refractivity contribution < 1.29 is 17.6 Å². The Morgan fingerprint density at radius 2 is 2.00 bits per heavy atom. The number of aromatic nitrogens is 1. The Kier molecular flexibility index (Phi) is 7.54. The van der Waals surface area contributed by atoms with Crippen LogP contribution in [0.25, 0.3) is 10.1 Å². The summed E-state index contributed by atoms with van der Waals surface area (Å²) in [7, 11) is -1.56. The number of fused-ring (bicyclic) bond motifs is 1. The Hall–Kier alpha value is -1.37. The largest absolute Gasteiger partial charge is 0.497 e. The van der Waals surface area contributed by atoms with Crippen molar-refractivity contribution in [2.24, 2.45) is 0 Å². The lowest BCUT2D eigenvalue weighted by Gasteiger charge is -2.30. The van der Waals surface area contributed by atoms with Crippen LogP contribution in [0, 0.1) is 0 Å². The molecule has 0 aliphatic heterocycles. The number of ether oxygens (including phenoxy) is 1. The zero-order valence-electron chi connectivity index (χ0n) is 17.0. The van der Waals surface area contributed by atoms with Gasteiger partial charge in [0.05, 0.1) is 33.0 Å². The van der Waals surface area contributed by atoms with Gasteiger partial charge in [-0.25, -0.2) is 17.7 Å². The van der Waals surface area contributed by atoms with Crippen LogP contribution in [0.2, 0.25) is 5.02 Å². The summed E-state index contributed by atoms with van der Waals surface area (Å²) in [6.07, 6.45) is 1.62. The van der Waals surface area contributed by atoms with E-state index in [1.54, 1.807) is 38.4 Å². The number of halogens is 2. The zero-order valence-corrected chi connectivity index (χ0v) is 22.0. The molecule has 3 rings (SSSR count). The molecule has 0 aliphatic rings. The number of pyridine rings is 1. The van der Waals surface area contributed by atoms with E-state index in [4.69, 9.17) is 16.3 Å². The number of thiophene rings is 1. The number of sulfonamides is 1. The number of methoxy groups -OCH3 is 1. The average molecular weight is 562 g/mol. The minimum atomic E-state index is -3.74. The number of benzene rings is 1. The molecule has 0 bridgehead atoms. The van der Waals surface area contributed by atoms with Gasteiger partial charge in [-0.15, -0.1) is 11.3 Å². The van der Waals surface area contributed by atoms with Crippen molar-refractivity contribution >= 4 is 68.5 Å². The van der Waals surface area contributed by atoms with E-state index in [-0.39, 0.29) is 12.3 Å². The predicted molar refractivity (Wildman–Crippen MR) is 128 cm³/mol. The van der Waals surface area contributed by atoms with E-state index in [0.717, 1.165) is 15.6 Å². The maximum Gasteiger partial charge on any atom is 0.464 e. The average Bonchev–Trinajstić information content (AvgIpc) is 3.07. The summed E-state index contributed by atoms with van der Waals surface area (Å²) < 4.78 is 45.8. The third kappa shape index (κ3) is 5.17. The predicted octanol–water partition coefficient (Wildman–Crippen LogP) is 3.95. The molecule has 0 saturated carbocycles. The molecule has 165 valence electrons. The molecule has 1 radical (unpaired) electrons. The maximum absolute atomic E-state index is 13.2. The van der Waals surface area contributed by atoms with E-state index in [0.29, 0.717) is 20.3 Å². The van der Waals surface area contributed by atoms with Crippen molar-refractivity contribution in [2.75, 3.05) is 19.9 Å². The SMILES string of the molecule is COc1ccc(CN(C)S(=O)(=O)C[C@](C)(N[Si]=O)c2sc3c(Br)nccc3c2Cl)cc1. The molecule has 12 heteroatoms. The number of rotatable bonds is 9. The molecule has 1 aromatic carbocycles. The van der Waals surface area contributed by atoms with Gasteiger partial charge in [-0.2, -0.15) is 0 Å². The minimum absolute atomic E-state index is 0.192. The van der Waals surface area contributed by atoms with Crippen molar-refractivity contribution in [3.8, 4) is 5.75 Å². The van der Waals surface area contributed by atoms with Crippen molar-refractivity contribution in [1.29, 1.82) is 0 Å². The van der Waals surface area contributed by atoms with Gasteiger partial charge in [0.2, 0.25) is 10.0 Å². The van der Waals surface area contributed by atoms with E-state index in [9.17, 15) is 12.9 Å². The Labute approximate surface area is 200 Å². The summed E-state index contributed by atoms with van der Waals surface area (Å²) in [5.41, 5.74) is -0.338. The fourth-order valence-corrected chi connectivity index (χ4v) is 7.69. The van der Waals surface area contributed by atoms with Crippen LogP contribution in [-0.4, -0.2) is 47.2 Å². The molecule has 0 unspecified atom stereocenters. The first-order valence-corrected chi connectivity index (χ1v) is 13.6. The van der Waals surface area contributed by atoms with E-state index in [1.807, 2.05) is 12.1 Å². The van der Waals surface area contributed by atoms with Crippen LogP contribution in [0.4, 0.5) is 0 Å². The van der Waals surface area contributed by atoms with Crippen LogP contribution >= 0.6 is 38.9 Å². The normalized spacial score (nSPS) is 13.9. The third-order valence-electron chi connectivity index (χ3n) is 4.84. The van der Waals surface area contributed by atoms with Gasteiger partial charge in [0, 0.05) is 25.2 Å². The molecule has 1 N–H and O–H groups in total. The monoisotopic (exact) mass is 560 g/mol. The summed E-state index contributed by atoms with van der Waals surface area (Å²) in [6, 6.07) is 8.96. The van der Waals surface area contributed by atoms with Crippen molar-refractivity contribution in [2.45, 2.75) is 19.0 Å². The van der Waals surface area contributed by atoms with Gasteiger partial charge in [0.25, 0.3) is 0 Å². The molecular weight excluding hydrogens is 542 g/mol. The second kappa shape index (κ2) is 9.63. The van der Waals surface area contributed by atoms with Crippen LogP contribution in [-0.2, 0) is 26.6 Å². The van der Waals surface area contributed by atoms with Crippen LogP contribution in [0.1, 0.15) is 17.4 Å². The second-order valence-electron chi connectivity index (χ2n) is 7.14. The molecule has 0 saturated heterocycles. The first kappa shape index (κ1) is 24.3. The van der Waals surface area contributed by atoms with Crippen LogP contribution in [0.3, 0.4) is 0 Å². The standard InChI is InChI=1S/C19H20BrClN3O4S2Si/c1-19(23-31-27,17-15(21)14-8-9-22-18(20)16(14)29-17)11-30(25,26)24(2)10-12-4-6-13(28-3)7-5-12/h4-9,23H,10-11H2,1-3H3/t19-/m0/s1. The van der Waals surface area contributed by atoms with Gasteiger partial charge in [-0.3, -0.25) is 0 Å². The molecular formula is C19H20BrClN3O4S2Si. The highest BCUT2D eigenvalue weighted by Gasteiger charge is 2.38. The van der Waals surface area contributed by atoms with E-state index in [2.05, 4.69) is 25.9 Å². The minimum Gasteiger partial charge on any atom is -0.497 e. The van der Waals surface area contributed by atoms with E-state index < -0.39 is 25.1 Å². The molecule has 7 nitrogen and oxygen atoms in total. The molecule has 1 atom stereocenters. The summed E-state index contributed by atoms with van der Waals surface area (Å²) in [6.45, 7) is 1.88. The van der Waals surface area contributed by atoms with Gasteiger partial charge in [-0.05, 0) is 46.6 Å². The highest BCUT2D eigenvalue weighted by Crippen LogP contribution is 2.43. The van der Waals surface area contributed by atoms with Crippen LogP contribution in [0.5, 0.6) is 5.75 Å². The van der Waals surface area contributed by atoms with Gasteiger partial charge in [0.1, 0.15) is 10.4 Å². The van der Waals surface area contributed by atoms with E-state index in [1.165, 1.54) is 22.7 Å². The molecule has 0 aliphatic carbocycles. The first-order valence-electron chi connectivity index (χ1n) is 9.05. The number of hydrogen-bond acceptors (Lipinski definition) is 6. The number of nitrogens with zero attached hydrogens (tertiary/aromatic N) is 2. The lowest BCUT2D eigenvalue weighted by molar-refractivity contribution is 0.413. The molecule has 0 amide bonds. The van der Waals surface area contributed by atoms with Crippen molar-refractivity contribution in [3.63, 3.8) is 0 Å². The Balaban J connectivity index is 1.92. The summed E-state index contributed by atoms with van der Waals surface area (Å²) >= 11 is 11.3. The first-order chi connectivity index (χ1) is 14.6. The molecule has 31 heavy (non-hydrogen) atoms. The highest BCUT2D eigenvalue weighted by molar-refractivity contribution is 9.10. The van der Waals surface area contributed by atoms with Gasteiger partial charge in [-0.1, -0.05) is 23.7 Å². The lowest BCUT2D eigenvalue weighted by atomic mass is 10.0. The fourth-order valence-electron chi connectivity index (χ4n) is 3.15. The van der Waals surface area contributed by atoms with Crippen LogP contribution in [0.15, 0.2) is 41.1 Å². The highest BCUT2D eigenvalue weighted by atomic mass is 79.9. The topological polar surface area (TPSA) is 88.6 Å². The van der Waals surface area contributed by atoms with Gasteiger partial charge in [0.15, 0.2) is 0 Å². The second-order valence-corrected chi connectivity index (χ2v) is 11.8. The zero-order chi connectivity index (χ0) is 22.8. The number of hydrogen-bond donors (Lipinski definition) is 1. The number of nitrogens with one attached hydrogen (secondary N) is 1. The Bertz CT molecular complexity index is 1210. The third-order valence-corrected chi connectivity index (χ3v) is 10.4. The van der Waals surface area contributed by atoms with E-state index >= 15 is 0 Å². The lowest BCUT2D eigenvalue weighted by Crippen LogP contribution is -2.47. The van der Waals surface area contributed by atoms with Gasteiger partial charge >= 0.3 is 9.57 Å². The van der Waals surface area contributed by atoms with Crippen LogP contribution < -0.4 is 9.72 Å². The van der Waals surface area contributed by atoms with Crippen molar-refractivity contribution in [1.82, 2.24) is 14.3 Å².